The van der Waals surface area contributed by atoms with E-state index in [-0.39, 0.29) is 17.1 Å². The van der Waals surface area contributed by atoms with Crippen molar-refractivity contribution < 1.29 is 18.9 Å². The Kier molecular flexibility index (Phi) is 10.1. The average Bonchev–Trinajstić information content (AvgIpc) is 2.66. The summed E-state index contributed by atoms with van der Waals surface area (Å²) in [6, 6.07) is 6.44. The SMILES string of the molecule is CCCCCC(=O)Oc1cccc(C(=O)N(C)P(=O)(NC)SC(C)CC)c1. The normalized spacial score (nSPS) is 14.3. The van der Waals surface area contributed by atoms with Crippen molar-refractivity contribution in [2.45, 2.75) is 58.1 Å². The average molecular weight is 415 g/mol. The Balaban J connectivity index is 2.88. The number of rotatable bonds is 11. The molecule has 1 amide bonds. The second-order valence-electron chi connectivity index (χ2n) is 6.36. The van der Waals surface area contributed by atoms with Crippen LogP contribution in [-0.4, -0.2) is 35.9 Å². The van der Waals surface area contributed by atoms with Gasteiger partial charge in [-0.15, -0.1) is 0 Å². The van der Waals surface area contributed by atoms with Gasteiger partial charge in [-0.1, -0.05) is 51.1 Å². The first-order valence-corrected chi connectivity index (χ1v) is 12.5. The molecule has 0 aliphatic carbocycles. The van der Waals surface area contributed by atoms with Crippen molar-refractivity contribution in [3.8, 4) is 5.75 Å². The summed E-state index contributed by atoms with van der Waals surface area (Å²) in [6.45, 7) is 2.96. The third-order valence-corrected chi connectivity index (χ3v) is 9.90. The van der Waals surface area contributed by atoms with Gasteiger partial charge < -0.3 is 4.74 Å². The van der Waals surface area contributed by atoms with Gasteiger partial charge in [0.1, 0.15) is 5.75 Å². The molecule has 0 saturated heterocycles. The summed E-state index contributed by atoms with van der Waals surface area (Å²) in [5.74, 6) is -0.369. The van der Waals surface area contributed by atoms with Gasteiger partial charge in [-0.05, 0) is 38.1 Å². The van der Waals surface area contributed by atoms with E-state index in [1.165, 1.54) is 29.2 Å². The topological polar surface area (TPSA) is 75.7 Å². The van der Waals surface area contributed by atoms with Crippen LogP contribution in [0.2, 0.25) is 0 Å². The highest BCUT2D eigenvalue weighted by atomic mass is 32.7. The van der Waals surface area contributed by atoms with Gasteiger partial charge in [0.25, 0.3) is 12.6 Å². The molecule has 2 unspecified atom stereocenters. The van der Waals surface area contributed by atoms with E-state index in [0.29, 0.717) is 17.7 Å². The Morgan fingerprint density at radius 1 is 1.30 bits per heavy atom. The minimum Gasteiger partial charge on any atom is -0.427 e. The summed E-state index contributed by atoms with van der Waals surface area (Å²) in [6.07, 6.45) is 4.00. The number of esters is 1. The number of unbranched alkanes of at least 4 members (excludes halogenated alkanes) is 2. The molecule has 1 aromatic rings. The van der Waals surface area contributed by atoms with Gasteiger partial charge in [-0.2, -0.15) is 0 Å². The van der Waals surface area contributed by atoms with Crippen LogP contribution >= 0.6 is 18.0 Å². The van der Waals surface area contributed by atoms with Gasteiger partial charge in [-0.3, -0.25) is 18.8 Å². The summed E-state index contributed by atoms with van der Waals surface area (Å²) >= 11 is 1.27. The van der Waals surface area contributed by atoms with Gasteiger partial charge in [0.2, 0.25) is 0 Å². The Labute approximate surface area is 166 Å². The molecule has 0 aliphatic heterocycles. The fourth-order valence-electron chi connectivity index (χ4n) is 2.29. The fourth-order valence-corrected chi connectivity index (χ4v) is 6.70. The summed E-state index contributed by atoms with van der Waals surface area (Å²) in [5, 5.41) is 2.96. The van der Waals surface area contributed by atoms with Gasteiger partial charge in [0.15, 0.2) is 0 Å². The minimum atomic E-state index is -3.10. The van der Waals surface area contributed by atoms with E-state index in [4.69, 9.17) is 4.74 Å². The molecule has 0 aliphatic rings. The van der Waals surface area contributed by atoms with E-state index in [1.54, 1.807) is 25.2 Å². The van der Waals surface area contributed by atoms with Gasteiger partial charge in [0, 0.05) is 24.3 Å². The molecule has 6 nitrogen and oxygen atoms in total. The van der Waals surface area contributed by atoms with Crippen molar-refractivity contribution in [1.29, 1.82) is 0 Å². The zero-order valence-electron chi connectivity index (χ0n) is 16.9. The van der Waals surface area contributed by atoms with Crippen molar-refractivity contribution in [1.82, 2.24) is 9.76 Å². The maximum Gasteiger partial charge on any atom is 0.311 e. The van der Waals surface area contributed by atoms with Crippen molar-refractivity contribution in [2.75, 3.05) is 14.1 Å². The molecule has 0 spiro atoms. The van der Waals surface area contributed by atoms with Crippen molar-refractivity contribution in [3.63, 3.8) is 0 Å². The van der Waals surface area contributed by atoms with Crippen molar-refractivity contribution >= 4 is 29.9 Å². The van der Waals surface area contributed by atoms with Gasteiger partial charge in [-0.25, -0.2) is 5.09 Å². The zero-order valence-corrected chi connectivity index (χ0v) is 18.6. The first-order valence-electron chi connectivity index (χ1n) is 9.34. The lowest BCUT2D eigenvalue weighted by Crippen LogP contribution is -2.28. The number of ether oxygens (including phenoxy) is 1. The third kappa shape index (κ3) is 7.32. The molecule has 1 N–H and O–H groups in total. The Hall–Kier alpha value is -1.30. The summed E-state index contributed by atoms with van der Waals surface area (Å²) in [5.41, 5.74) is 0.330. The molecule has 1 rings (SSSR count). The van der Waals surface area contributed by atoms with E-state index >= 15 is 0 Å². The van der Waals surface area contributed by atoms with Crippen LogP contribution in [0, 0.1) is 0 Å². The molecule has 0 radical (unpaired) electrons. The zero-order chi connectivity index (χ0) is 20.4. The highest BCUT2D eigenvalue weighted by molar-refractivity contribution is 8.57. The molecule has 0 bridgehead atoms. The molecular weight excluding hydrogens is 383 g/mol. The summed E-state index contributed by atoms with van der Waals surface area (Å²) in [7, 11) is 3.12. The van der Waals surface area contributed by atoms with E-state index < -0.39 is 6.65 Å². The lowest BCUT2D eigenvalue weighted by Gasteiger charge is -2.29. The number of nitrogens with zero attached hydrogens (tertiary/aromatic N) is 1. The molecule has 1 aromatic carbocycles. The van der Waals surface area contributed by atoms with E-state index in [9.17, 15) is 14.2 Å². The van der Waals surface area contributed by atoms with Crippen LogP contribution in [0.3, 0.4) is 0 Å². The molecule has 8 heteroatoms. The van der Waals surface area contributed by atoms with Crippen LogP contribution in [-0.2, 0) is 9.36 Å². The molecule has 0 heterocycles. The van der Waals surface area contributed by atoms with Gasteiger partial charge in [0.05, 0.1) is 0 Å². The van der Waals surface area contributed by atoms with Crippen LogP contribution in [0.4, 0.5) is 0 Å². The molecule has 27 heavy (non-hydrogen) atoms. The highest BCUT2D eigenvalue weighted by Gasteiger charge is 2.33. The Morgan fingerprint density at radius 3 is 2.59 bits per heavy atom. The van der Waals surface area contributed by atoms with Crippen LogP contribution in [0.1, 0.15) is 63.2 Å². The number of hydrogen-bond donors (Lipinski definition) is 1. The Morgan fingerprint density at radius 2 is 2.00 bits per heavy atom. The monoisotopic (exact) mass is 414 g/mol. The number of nitrogens with one attached hydrogen (secondary N) is 1. The second-order valence-corrected chi connectivity index (χ2v) is 11.6. The predicted octanol–water partition coefficient (Wildman–Crippen LogP) is 5.10. The van der Waals surface area contributed by atoms with E-state index in [1.807, 2.05) is 13.8 Å². The van der Waals surface area contributed by atoms with Gasteiger partial charge >= 0.3 is 5.97 Å². The number of carbonyl (C=O) groups is 2. The second kappa shape index (κ2) is 11.5. The first kappa shape index (κ1) is 23.7. The number of benzene rings is 1. The molecule has 0 saturated carbocycles. The van der Waals surface area contributed by atoms with Crippen LogP contribution in [0.25, 0.3) is 0 Å². The van der Waals surface area contributed by atoms with Crippen LogP contribution in [0.15, 0.2) is 24.3 Å². The molecule has 2 atom stereocenters. The van der Waals surface area contributed by atoms with Crippen LogP contribution < -0.4 is 9.82 Å². The lowest BCUT2D eigenvalue weighted by molar-refractivity contribution is -0.134. The molecule has 0 aromatic heterocycles. The summed E-state index contributed by atoms with van der Waals surface area (Å²) in [4.78, 5) is 24.7. The first-order chi connectivity index (χ1) is 12.8. The summed E-state index contributed by atoms with van der Waals surface area (Å²) < 4.78 is 19.7. The fraction of sp³-hybridized carbons (Fsp3) is 0.579. The highest BCUT2D eigenvalue weighted by Crippen LogP contribution is 2.59. The van der Waals surface area contributed by atoms with Crippen LogP contribution in [0.5, 0.6) is 5.75 Å². The quantitative estimate of drug-likeness (QED) is 0.235. The van der Waals surface area contributed by atoms with E-state index in [0.717, 1.165) is 25.7 Å². The predicted molar refractivity (Wildman–Crippen MR) is 112 cm³/mol. The standard InChI is InChI=1S/C19H31N2O4PS/c1-6-8-9-13-18(22)25-17-12-10-11-16(14-17)19(23)21(5)26(24,20-4)27-15(3)7-2/h10-12,14-15H,6-9,13H2,1-5H3,(H,20,24). The molecule has 152 valence electrons. The number of amides is 1. The van der Waals surface area contributed by atoms with E-state index in [2.05, 4.69) is 12.0 Å². The van der Waals surface area contributed by atoms with Crippen molar-refractivity contribution in [2.24, 2.45) is 0 Å². The van der Waals surface area contributed by atoms with Crippen molar-refractivity contribution in [3.05, 3.63) is 29.8 Å². The number of carbonyl (C=O) groups excluding carboxylic acids is 2. The molecular formula is C19H31N2O4PS. The smallest absolute Gasteiger partial charge is 0.311 e. The largest absolute Gasteiger partial charge is 0.427 e. The minimum absolute atomic E-state index is 0.147. The third-order valence-electron chi connectivity index (χ3n) is 4.17. The maximum absolute atomic E-state index is 13.1. The number of hydrogen-bond acceptors (Lipinski definition) is 5. The lowest BCUT2D eigenvalue weighted by atomic mass is 10.2. The molecule has 0 fully saturated rings. The Bertz CT molecular complexity index is 683. The maximum atomic E-state index is 13.1.